The van der Waals surface area contributed by atoms with Crippen LogP contribution in [0, 0.1) is 12.7 Å². The van der Waals surface area contributed by atoms with Crippen molar-refractivity contribution in [2.24, 2.45) is 12.8 Å². The Kier molecular flexibility index (Phi) is 6.45. The van der Waals surface area contributed by atoms with Gasteiger partial charge < -0.3 is 10.3 Å². The second kappa shape index (κ2) is 7.61. The van der Waals surface area contributed by atoms with Gasteiger partial charge >= 0.3 is 0 Å². The molecule has 1 heterocycles. The van der Waals surface area contributed by atoms with Gasteiger partial charge in [-0.1, -0.05) is 30.0 Å². The van der Waals surface area contributed by atoms with Crippen LogP contribution in [0.4, 0.5) is 4.39 Å². The SMILES string of the molecule is Cc1cccc(CSc2nnc(CCN)n2C)c1F.Cl. The molecule has 20 heavy (non-hydrogen) atoms. The van der Waals surface area contributed by atoms with Gasteiger partial charge in [0.25, 0.3) is 0 Å². The summed E-state index contributed by atoms with van der Waals surface area (Å²) in [6, 6.07) is 5.43. The number of nitrogens with zero attached hydrogens (tertiary/aromatic N) is 3. The molecular weight excluding hydrogens is 299 g/mol. The van der Waals surface area contributed by atoms with Crippen LogP contribution in [0.25, 0.3) is 0 Å². The predicted octanol–water partition coefficient (Wildman–Crippen LogP) is 2.48. The lowest BCUT2D eigenvalue weighted by Crippen LogP contribution is -2.08. The van der Waals surface area contributed by atoms with Gasteiger partial charge in [0.15, 0.2) is 5.16 Å². The minimum atomic E-state index is -0.139. The van der Waals surface area contributed by atoms with Crippen LogP contribution in [0.3, 0.4) is 0 Å². The summed E-state index contributed by atoms with van der Waals surface area (Å²) in [7, 11) is 1.90. The first-order valence-corrected chi connectivity index (χ1v) is 7.07. The fourth-order valence-corrected chi connectivity index (χ4v) is 2.68. The van der Waals surface area contributed by atoms with Crippen molar-refractivity contribution >= 4 is 24.2 Å². The molecule has 0 atom stereocenters. The third-order valence-electron chi connectivity index (χ3n) is 2.92. The molecule has 2 aromatic rings. The average Bonchev–Trinajstić information content (AvgIpc) is 2.74. The van der Waals surface area contributed by atoms with Crippen molar-refractivity contribution in [1.82, 2.24) is 14.8 Å². The molecule has 0 radical (unpaired) electrons. The topological polar surface area (TPSA) is 56.7 Å². The lowest BCUT2D eigenvalue weighted by molar-refractivity contribution is 0.608. The van der Waals surface area contributed by atoms with E-state index in [1.165, 1.54) is 11.8 Å². The van der Waals surface area contributed by atoms with Crippen molar-refractivity contribution < 1.29 is 4.39 Å². The van der Waals surface area contributed by atoms with E-state index in [-0.39, 0.29) is 18.2 Å². The highest BCUT2D eigenvalue weighted by Crippen LogP contribution is 2.23. The van der Waals surface area contributed by atoms with Crippen molar-refractivity contribution in [2.75, 3.05) is 6.54 Å². The zero-order valence-electron chi connectivity index (χ0n) is 11.5. The predicted molar refractivity (Wildman–Crippen MR) is 81.7 cm³/mol. The van der Waals surface area contributed by atoms with Crippen LogP contribution in [0.2, 0.25) is 0 Å². The normalized spacial score (nSPS) is 10.4. The molecule has 1 aromatic heterocycles. The minimum Gasteiger partial charge on any atom is -0.330 e. The highest BCUT2D eigenvalue weighted by atomic mass is 35.5. The molecule has 110 valence electrons. The number of rotatable bonds is 5. The third-order valence-corrected chi connectivity index (χ3v) is 3.99. The van der Waals surface area contributed by atoms with E-state index < -0.39 is 0 Å². The van der Waals surface area contributed by atoms with E-state index in [1.54, 1.807) is 19.1 Å². The summed E-state index contributed by atoms with van der Waals surface area (Å²) in [4.78, 5) is 0. The number of aromatic nitrogens is 3. The first-order chi connectivity index (χ1) is 9.13. The molecule has 0 saturated carbocycles. The average molecular weight is 317 g/mol. The van der Waals surface area contributed by atoms with E-state index in [1.807, 2.05) is 17.7 Å². The summed E-state index contributed by atoms with van der Waals surface area (Å²) < 4.78 is 15.8. The number of hydrogen-bond donors (Lipinski definition) is 1. The van der Waals surface area contributed by atoms with Crippen LogP contribution in [0.1, 0.15) is 17.0 Å². The molecule has 0 fully saturated rings. The van der Waals surface area contributed by atoms with Crippen LogP contribution < -0.4 is 5.73 Å². The number of halogens is 2. The molecule has 0 unspecified atom stereocenters. The Hall–Kier alpha value is -1.11. The number of benzene rings is 1. The maximum absolute atomic E-state index is 13.9. The van der Waals surface area contributed by atoms with E-state index in [0.717, 1.165) is 11.0 Å². The van der Waals surface area contributed by atoms with Crippen LogP contribution >= 0.6 is 24.2 Å². The van der Waals surface area contributed by atoms with Gasteiger partial charge in [-0.05, 0) is 24.6 Å². The molecule has 0 aliphatic rings. The quantitative estimate of drug-likeness (QED) is 0.861. The zero-order valence-corrected chi connectivity index (χ0v) is 13.1. The molecule has 0 aliphatic carbocycles. The standard InChI is InChI=1S/C13H17FN4S.ClH/c1-9-4-3-5-10(12(9)14)8-19-13-17-16-11(6-7-15)18(13)2;/h3-5H,6-8,15H2,1-2H3;1H. The lowest BCUT2D eigenvalue weighted by atomic mass is 10.1. The third kappa shape index (κ3) is 3.71. The van der Waals surface area contributed by atoms with Gasteiger partial charge in [0.05, 0.1) is 0 Å². The summed E-state index contributed by atoms with van der Waals surface area (Å²) in [5.74, 6) is 1.26. The Morgan fingerprint density at radius 1 is 1.35 bits per heavy atom. The summed E-state index contributed by atoms with van der Waals surface area (Å²) in [5, 5.41) is 8.96. The van der Waals surface area contributed by atoms with Crippen molar-refractivity contribution in [3.05, 3.63) is 41.0 Å². The summed E-state index contributed by atoms with van der Waals surface area (Å²) >= 11 is 1.48. The van der Waals surface area contributed by atoms with Gasteiger partial charge in [0, 0.05) is 19.2 Å². The smallest absolute Gasteiger partial charge is 0.191 e. The maximum Gasteiger partial charge on any atom is 0.191 e. The molecule has 1 aromatic carbocycles. The number of nitrogens with two attached hydrogens (primary N) is 1. The van der Waals surface area contributed by atoms with E-state index in [4.69, 9.17) is 5.73 Å². The molecule has 0 bridgehead atoms. The van der Waals surface area contributed by atoms with E-state index in [0.29, 0.717) is 29.8 Å². The second-order valence-electron chi connectivity index (χ2n) is 4.33. The molecule has 0 saturated heterocycles. The Morgan fingerprint density at radius 2 is 2.10 bits per heavy atom. The van der Waals surface area contributed by atoms with Crippen LogP contribution in [0.15, 0.2) is 23.4 Å². The number of hydrogen-bond acceptors (Lipinski definition) is 4. The lowest BCUT2D eigenvalue weighted by Gasteiger charge is -2.05. The molecule has 0 spiro atoms. The molecule has 0 amide bonds. The molecule has 2 N–H and O–H groups in total. The summed E-state index contributed by atoms with van der Waals surface area (Å²) in [5.41, 5.74) is 6.86. The number of thioether (sulfide) groups is 1. The second-order valence-corrected chi connectivity index (χ2v) is 5.28. The van der Waals surface area contributed by atoms with Crippen LogP contribution in [-0.2, 0) is 19.2 Å². The van der Waals surface area contributed by atoms with Crippen molar-refractivity contribution in [1.29, 1.82) is 0 Å². The summed E-state index contributed by atoms with van der Waals surface area (Å²) in [6.45, 7) is 2.31. The molecule has 4 nitrogen and oxygen atoms in total. The summed E-state index contributed by atoms with van der Waals surface area (Å²) in [6.07, 6.45) is 0.697. The first-order valence-electron chi connectivity index (χ1n) is 6.08. The van der Waals surface area contributed by atoms with Gasteiger partial charge in [-0.25, -0.2) is 4.39 Å². The largest absolute Gasteiger partial charge is 0.330 e. The Morgan fingerprint density at radius 3 is 2.80 bits per heavy atom. The van der Waals surface area contributed by atoms with Gasteiger partial charge in [-0.3, -0.25) is 0 Å². The van der Waals surface area contributed by atoms with Crippen molar-refractivity contribution in [3.8, 4) is 0 Å². The molecule has 7 heteroatoms. The fourth-order valence-electron chi connectivity index (χ4n) is 1.78. The van der Waals surface area contributed by atoms with E-state index >= 15 is 0 Å². The van der Waals surface area contributed by atoms with Crippen LogP contribution in [-0.4, -0.2) is 21.3 Å². The van der Waals surface area contributed by atoms with E-state index in [2.05, 4.69) is 10.2 Å². The molecule has 2 rings (SSSR count). The van der Waals surface area contributed by atoms with Crippen LogP contribution in [0.5, 0.6) is 0 Å². The first kappa shape index (κ1) is 16.9. The van der Waals surface area contributed by atoms with Crippen molar-refractivity contribution in [2.45, 2.75) is 24.3 Å². The molecule has 0 aliphatic heterocycles. The number of aryl methyl sites for hydroxylation is 1. The maximum atomic E-state index is 13.9. The van der Waals surface area contributed by atoms with Gasteiger partial charge in [0.2, 0.25) is 0 Å². The van der Waals surface area contributed by atoms with Gasteiger partial charge in [-0.2, -0.15) is 0 Å². The zero-order chi connectivity index (χ0) is 13.8. The highest BCUT2D eigenvalue weighted by Gasteiger charge is 2.10. The highest BCUT2D eigenvalue weighted by molar-refractivity contribution is 7.98. The van der Waals surface area contributed by atoms with Gasteiger partial charge in [-0.15, -0.1) is 22.6 Å². The Labute approximate surface area is 128 Å². The Bertz CT molecular complexity index is 573. The molecular formula is C13H18ClFN4S. The fraction of sp³-hybridized carbons (Fsp3) is 0.385. The van der Waals surface area contributed by atoms with Crippen molar-refractivity contribution in [3.63, 3.8) is 0 Å². The Balaban J connectivity index is 0.00000200. The van der Waals surface area contributed by atoms with E-state index in [9.17, 15) is 4.39 Å². The monoisotopic (exact) mass is 316 g/mol. The minimum absolute atomic E-state index is 0. The van der Waals surface area contributed by atoms with Gasteiger partial charge in [0.1, 0.15) is 11.6 Å².